The van der Waals surface area contributed by atoms with Gasteiger partial charge in [-0.15, -0.1) is 11.6 Å². The highest BCUT2D eigenvalue weighted by molar-refractivity contribution is 6.18. The normalized spacial score (nSPS) is 23.2. The predicted molar refractivity (Wildman–Crippen MR) is 83.7 cm³/mol. The second kappa shape index (κ2) is 5.58. The van der Waals surface area contributed by atoms with Crippen LogP contribution in [0.5, 0.6) is 0 Å². The third kappa shape index (κ3) is 2.48. The highest BCUT2D eigenvalue weighted by atomic mass is 35.5. The van der Waals surface area contributed by atoms with Crippen molar-refractivity contribution in [2.45, 2.75) is 26.0 Å². The third-order valence-electron chi connectivity index (χ3n) is 3.81. The Bertz CT molecular complexity index is 616. The second-order valence-corrected chi connectivity index (χ2v) is 5.72. The van der Waals surface area contributed by atoms with Crippen LogP contribution < -0.4 is 4.90 Å². The second-order valence-electron chi connectivity index (χ2n) is 5.41. The van der Waals surface area contributed by atoms with Gasteiger partial charge in [-0.3, -0.25) is 4.98 Å². The largest absolute Gasteiger partial charge is 0.373 e. The summed E-state index contributed by atoms with van der Waals surface area (Å²) in [6.07, 6.45) is 0.0973. The van der Waals surface area contributed by atoms with E-state index in [-0.39, 0.29) is 6.10 Å². The Morgan fingerprint density at radius 1 is 1.40 bits per heavy atom. The predicted octanol–water partition coefficient (Wildman–Crippen LogP) is 3.38. The Morgan fingerprint density at radius 2 is 2.20 bits per heavy atom. The van der Waals surface area contributed by atoms with Crippen molar-refractivity contribution < 1.29 is 4.74 Å². The number of halogens is 1. The zero-order chi connectivity index (χ0) is 14.1. The summed E-state index contributed by atoms with van der Waals surface area (Å²) in [5.74, 6) is 0.533. The first-order valence-corrected chi connectivity index (χ1v) is 7.53. The number of morpholine rings is 1. The zero-order valence-electron chi connectivity index (χ0n) is 11.8. The quantitative estimate of drug-likeness (QED) is 0.793. The molecule has 2 aromatic rings. The average molecular weight is 291 g/mol. The maximum Gasteiger partial charge on any atom is 0.0886 e. The highest BCUT2D eigenvalue weighted by Crippen LogP contribution is 2.30. The number of aromatic nitrogens is 1. The van der Waals surface area contributed by atoms with Gasteiger partial charge in [0.2, 0.25) is 0 Å². The molecule has 3 rings (SSSR count). The van der Waals surface area contributed by atoms with E-state index in [0.717, 1.165) is 17.8 Å². The molecule has 1 fully saturated rings. The molecular weight excluding hydrogens is 272 g/mol. The maximum atomic E-state index is 5.97. The number of alkyl halides is 1. The number of fused-ring (bicyclic) bond motifs is 1. The van der Waals surface area contributed by atoms with Gasteiger partial charge in [0.25, 0.3) is 0 Å². The molecule has 20 heavy (non-hydrogen) atoms. The van der Waals surface area contributed by atoms with E-state index in [9.17, 15) is 0 Å². The van der Waals surface area contributed by atoms with E-state index in [0.29, 0.717) is 18.5 Å². The standard InChI is InChI=1S/C16H19ClN2O/c1-11-7-16(14-5-3-4-6-15(14)18-11)19-9-13(8-17)20-10-12(19)2/h3-7,12-13H,8-10H2,1-2H3. The lowest BCUT2D eigenvalue weighted by Gasteiger charge is -2.39. The maximum absolute atomic E-state index is 5.97. The van der Waals surface area contributed by atoms with Gasteiger partial charge in [-0.2, -0.15) is 0 Å². The molecular formula is C16H19ClN2O. The molecule has 1 aromatic heterocycles. The van der Waals surface area contributed by atoms with Crippen LogP contribution in [0.1, 0.15) is 12.6 Å². The fraction of sp³-hybridized carbons (Fsp3) is 0.438. The summed E-state index contributed by atoms with van der Waals surface area (Å²) in [7, 11) is 0. The van der Waals surface area contributed by atoms with Crippen LogP contribution in [0.2, 0.25) is 0 Å². The minimum absolute atomic E-state index is 0.0973. The molecule has 106 valence electrons. The van der Waals surface area contributed by atoms with Crippen LogP contribution in [0.25, 0.3) is 10.9 Å². The number of hydrogen-bond donors (Lipinski definition) is 0. The third-order valence-corrected chi connectivity index (χ3v) is 4.15. The van der Waals surface area contributed by atoms with Crippen LogP contribution in [0.4, 0.5) is 5.69 Å². The van der Waals surface area contributed by atoms with Crippen molar-refractivity contribution >= 4 is 28.2 Å². The van der Waals surface area contributed by atoms with Crippen molar-refractivity contribution in [2.75, 3.05) is 23.9 Å². The number of ether oxygens (including phenoxy) is 1. The molecule has 0 bridgehead atoms. The van der Waals surface area contributed by atoms with E-state index >= 15 is 0 Å². The van der Waals surface area contributed by atoms with Crippen molar-refractivity contribution in [3.63, 3.8) is 0 Å². The molecule has 0 N–H and O–H groups in total. The molecule has 0 saturated carbocycles. The average Bonchev–Trinajstić information content (AvgIpc) is 2.47. The van der Waals surface area contributed by atoms with E-state index in [2.05, 4.69) is 41.1 Å². The van der Waals surface area contributed by atoms with Gasteiger partial charge in [0.15, 0.2) is 0 Å². The fourth-order valence-corrected chi connectivity index (χ4v) is 2.96. The molecule has 0 spiro atoms. The van der Waals surface area contributed by atoms with Crippen LogP contribution in [0.15, 0.2) is 30.3 Å². The molecule has 0 radical (unpaired) electrons. The molecule has 2 unspecified atom stereocenters. The number of para-hydroxylation sites is 1. The summed E-state index contributed by atoms with van der Waals surface area (Å²) in [4.78, 5) is 7.01. The van der Waals surface area contributed by atoms with Gasteiger partial charge in [0, 0.05) is 29.4 Å². The number of benzene rings is 1. The lowest BCUT2D eigenvalue weighted by Crippen LogP contribution is -2.49. The minimum atomic E-state index is 0.0973. The van der Waals surface area contributed by atoms with Gasteiger partial charge in [0.05, 0.1) is 24.1 Å². The van der Waals surface area contributed by atoms with Crippen molar-refractivity contribution in [3.05, 3.63) is 36.0 Å². The molecule has 0 aliphatic carbocycles. The van der Waals surface area contributed by atoms with Gasteiger partial charge in [-0.1, -0.05) is 18.2 Å². The Balaban J connectivity index is 2.08. The molecule has 2 atom stereocenters. The van der Waals surface area contributed by atoms with Crippen molar-refractivity contribution in [1.82, 2.24) is 4.98 Å². The first-order chi connectivity index (χ1) is 9.69. The van der Waals surface area contributed by atoms with Gasteiger partial charge < -0.3 is 9.64 Å². The summed E-state index contributed by atoms with van der Waals surface area (Å²) in [6, 6.07) is 10.8. The Kier molecular flexibility index (Phi) is 3.81. The highest BCUT2D eigenvalue weighted by Gasteiger charge is 2.27. The Hall–Kier alpha value is -1.32. The zero-order valence-corrected chi connectivity index (χ0v) is 12.6. The topological polar surface area (TPSA) is 25.4 Å². The SMILES string of the molecule is Cc1cc(N2CC(CCl)OCC2C)c2ccccc2n1. The molecule has 4 heteroatoms. The first kappa shape index (κ1) is 13.7. The van der Waals surface area contributed by atoms with Crippen LogP contribution >= 0.6 is 11.6 Å². The molecule has 1 aromatic carbocycles. The first-order valence-electron chi connectivity index (χ1n) is 6.99. The molecule has 2 heterocycles. The number of aryl methyl sites for hydroxylation is 1. The summed E-state index contributed by atoms with van der Waals surface area (Å²) in [6.45, 7) is 5.78. The molecule has 3 nitrogen and oxygen atoms in total. The smallest absolute Gasteiger partial charge is 0.0886 e. The van der Waals surface area contributed by atoms with Crippen molar-refractivity contribution in [1.29, 1.82) is 0 Å². The molecule has 1 aliphatic heterocycles. The van der Waals surface area contributed by atoms with E-state index in [1.165, 1.54) is 11.1 Å². The van der Waals surface area contributed by atoms with Crippen LogP contribution in [0, 0.1) is 6.92 Å². The Labute approximate surface area is 124 Å². The number of nitrogens with zero attached hydrogens (tertiary/aromatic N) is 2. The van der Waals surface area contributed by atoms with Crippen molar-refractivity contribution in [3.8, 4) is 0 Å². The number of pyridine rings is 1. The van der Waals surface area contributed by atoms with E-state index < -0.39 is 0 Å². The lowest BCUT2D eigenvalue weighted by atomic mass is 10.1. The summed E-state index contributed by atoms with van der Waals surface area (Å²) >= 11 is 5.97. The summed E-state index contributed by atoms with van der Waals surface area (Å²) < 4.78 is 5.74. The number of hydrogen-bond acceptors (Lipinski definition) is 3. The van der Waals surface area contributed by atoms with Crippen LogP contribution in [0.3, 0.4) is 0 Å². The monoisotopic (exact) mass is 290 g/mol. The summed E-state index contributed by atoms with van der Waals surface area (Å²) in [5.41, 5.74) is 3.32. The number of rotatable bonds is 2. The van der Waals surface area contributed by atoms with E-state index in [1.54, 1.807) is 0 Å². The van der Waals surface area contributed by atoms with Gasteiger partial charge >= 0.3 is 0 Å². The molecule has 0 amide bonds. The van der Waals surface area contributed by atoms with Crippen LogP contribution in [-0.2, 0) is 4.74 Å². The fourth-order valence-electron chi connectivity index (χ4n) is 2.77. The van der Waals surface area contributed by atoms with Gasteiger partial charge in [-0.05, 0) is 26.0 Å². The van der Waals surface area contributed by atoms with Gasteiger partial charge in [-0.25, -0.2) is 0 Å². The molecule has 1 aliphatic rings. The number of anilines is 1. The van der Waals surface area contributed by atoms with E-state index in [1.807, 2.05) is 13.0 Å². The van der Waals surface area contributed by atoms with E-state index in [4.69, 9.17) is 16.3 Å². The van der Waals surface area contributed by atoms with Crippen molar-refractivity contribution in [2.24, 2.45) is 0 Å². The summed E-state index contributed by atoms with van der Waals surface area (Å²) in [5, 5.41) is 1.19. The lowest BCUT2D eigenvalue weighted by molar-refractivity contribution is 0.0366. The minimum Gasteiger partial charge on any atom is -0.373 e. The molecule has 1 saturated heterocycles. The van der Waals surface area contributed by atoms with Gasteiger partial charge in [0.1, 0.15) is 0 Å². The Morgan fingerprint density at radius 3 is 3.00 bits per heavy atom. The van der Waals surface area contributed by atoms with Crippen LogP contribution in [-0.4, -0.2) is 36.2 Å².